The number of hydrogen-bond acceptors (Lipinski definition) is 2. The van der Waals surface area contributed by atoms with Crippen LogP contribution < -0.4 is 11.2 Å². The molecule has 0 aromatic heterocycles. The van der Waals surface area contributed by atoms with Crippen LogP contribution >= 0.6 is 0 Å². The number of nitrogens with one attached hydrogen (secondary N) is 1. The molecule has 0 radical (unpaired) electrons. The number of nitrogens with two attached hydrogens (primary N) is 1. The van der Waals surface area contributed by atoms with Gasteiger partial charge in [-0.15, -0.1) is 5.43 Å². The normalized spacial score (nSPS) is 9.75. The van der Waals surface area contributed by atoms with E-state index in [9.17, 15) is 4.91 Å². The Morgan fingerprint density at radius 2 is 1.75 bits per heavy atom. The zero-order valence-corrected chi connectivity index (χ0v) is 8.63. The lowest BCUT2D eigenvalue weighted by Gasteiger charge is -1.97. The van der Waals surface area contributed by atoms with Crippen molar-refractivity contribution >= 4 is 17.1 Å². The highest BCUT2D eigenvalue weighted by Gasteiger charge is 2.13. The molecule has 0 saturated carbocycles. The first-order valence-electron chi connectivity index (χ1n) is 4.90. The summed E-state index contributed by atoms with van der Waals surface area (Å²) in [6.07, 6.45) is 0. The van der Waals surface area contributed by atoms with E-state index in [1.165, 1.54) is 0 Å². The zero-order chi connectivity index (χ0) is 11.4. The summed E-state index contributed by atoms with van der Waals surface area (Å²) < 4.78 is 0. The molecular weight excluding hydrogens is 202 g/mol. The molecule has 4 heteroatoms. The predicted octanol–water partition coefficient (Wildman–Crippen LogP) is 2.71. The molecule has 0 bridgehead atoms. The van der Waals surface area contributed by atoms with E-state index in [1.807, 2.05) is 30.3 Å². The van der Waals surface area contributed by atoms with Gasteiger partial charge in [0.2, 0.25) is 0 Å². The van der Waals surface area contributed by atoms with Gasteiger partial charge < -0.3 is 5.73 Å². The maximum atomic E-state index is 11.7. The van der Waals surface area contributed by atoms with E-state index >= 15 is 0 Å². The van der Waals surface area contributed by atoms with Crippen LogP contribution in [0.25, 0.3) is 0 Å². The number of hydrazine groups is 1. The molecule has 16 heavy (non-hydrogen) atoms. The number of hydrogen-bond donors (Lipinski definition) is 2. The van der Waals surface area contributed by atoms with Crippen molar-refractivity contribution in [2.45, 2.75) is 0 Å². The number of para-hydroxylation sites is 1. The smallest absolute Gasteiger partial charge is 0.294 e. The fourth-order valence-electron chi connectivity index (χ4n) is 1.35. The summed E-state index contributed by atoms with van der Waals surface area (Å²) in [7, 11) is 0. The van der Waals surface area contributed by atoms with Crippen molar-refractivity contribution in [2.24, 2.45) is 0 Å². The third kappa shape index (κ3) is 2.36. The van der Waals surface area contributed by atoms with Gasteiger partial charge >= 0.3 is 0 Å². The molecule has 3 N–H and O–H groups in total. The van der Waals surface area contributed by atoms with E-state index in [0.29, 0.717) is 16.2 Å². The average molecular weight is 214 g/mol. The summed E-state index contributed by atoms with van der Waals surface area (Å²) in [5.74, 6) is 0. The van der Waals surface area contributed by atoms with E-state index in [-0.39, 0.29) is 0 Å². The first-order valence-corrected chi connectivity index (χ1v) is 4.90. The summed E-state index contributed by atoms with van der Waals surface area (Å²) >= 11 is 0. The molecule has 2 aromatic rings. The van der Waals surface area contributed by atoms with Crippen molar-refractivity contribution < 1.29 is 4.87 Å². The summed E-state index contributed by atoms with van der Waals surface area (Å²) in [5.41, 5.74) is 10.1. The molecule has 0 saturated heterocycles. The fourth-order valence-corrected chi connectivity index (χ4v) is 1.35. The van der Waals surface area contributed by atoms with Crippen LogP contribution in [0.2, 0.25) is 0 Å². The molecule has 2 aromatic carbocycles. The Bertz CT molecular complexity index is 497. The monoisotopic (exact) mass is 214 g/mol. The van der Waals surface area contributed by atoms with Crippen LogP contribution in [0.3, 0.4) is 0 Å². The van der Waals surface area contributed by atoms with Crippen LogP contribution in [0, 0.1) is 4.91 Å². The molecule has 4 nitrogen and oxygen atoms in total. The standard InChI is InChI=1S/C12H12N3O/c13-10-5-4-8-12(9-10)15(16)14-11-6-2-1-3-7-11/h1-9H,13H2,(H,14,16)/q+1. The topological polar surface area (TPSA) is 58.1 Å². The number of benzene rings is 2. The van der Waals surface area contributed by atoms with Gasteiger partial charge in [0.15, 0.2) is 4.87 Å². The summed E-state index contributed by atoms with van der Waals surface area (Å²) in [5, 5.41) is 0. The fraction of sp³-hybridized carbons (Fsp3) is 0. The number of rotatable bonds is 3. The molecule has 0 amide bonds. The van der Waals surface area contributed by atoms with Crippen molar-refractivity contribution in [1.82, 2.24) is 0 Å². The second-order valence-corrected chi connectivity index (χ2v) is 3.37. The Morgan fingerprint density at radius 3 is 2.44 bits per heavy atom. The Labute approximate surface area is 93.3 Å². The van der Waals surface area contributed by atoms with Crippen LogP contribution in [-0.2, 0) is 0 Å². The van der Waals surface area contributed by atoms with Crippen LogP contribution in [0.1, 0.15) is 0 Å². The lowest BCUT2D eigenvalue weighted by Crippen LogP contribution is -2.10. The predicted molar refractivity (Wildman–Crippen MR) is 64.2 cm³/mol. The third-order valence-electron chi connectivity index (χ3n) is 2.11. The first kappa shape index (κ1) is 10.2. The Hall–Kier alpha value is -2.36. The number of nitrogens with zero attached hydrogens (tertiary/aromatic N) is 1. The van der Waals surface area contributed by atoms with Crippen molar-refractivity contribution in [2.75, 3.05) is 11.2 Å². The Balaban J connectivity index is 2.15. The van der Waals surface area contributed by atoms with E-state index in [4.69, 9.17) is 5.73 Å². The van der Waals surface area contributed by atoms with Gasteiger partial charge in [-0.25, -0.2) is 0 Å². The lowest BCUT2D eigenvalue weighted by atomic mass is 10.3. The van der Waals surface area contributed by atoms with E-state index in [2.05, 4.69) is 5.43 Å². The van der Waals surface area contributed by atoms with Crippen molar-refractivity contribution in [3.05, 3.63) is 59.5 Å². The van der Waals surface area contributed by atoms with Gasteiger partial charge in [0.05, 0.1) is 4.91 Å². The van der Waals surface area contributed by atoms with Crippen LogP contribution in [0.4, 0.5) is 17.1 Å². The minimum Gasteiger partial charge on any atom is -0.399 e. The second kappa shape index (κ2) is 4.44. The summed E-state index contributed by atoms with van der Waals surface area (Å²) in [4.78, 5) is 12.4. The number of anilines is 2. The van der Waals surface area contributed by atoms with Crippen LogP contribution in [-0.4, -0.2) is 4.87 Å². The molecule has 0 atom stereocenters. The highest BCUT2D eigenvalue weighted by molar-refractivity contribution is 5.48. The molecule has 0 spiro atoms. The molecule has 80 valence electrons. The van der Waals surface area contributed by atoms with Crippen LogP contribution in [0.15, 0.2) is 54.6 Å². The van der Waals surface area contributed by atoms with Gasteiger partial charge in [-0.3, -0.25) is 0 Å². The minimum absolute atomic E-state index is 0.476. The SMILES string of the molecule is Nc1cccc([N+](=O)Nc2ccccc2)c1. The summed E-state index contributed by atoms with van der Waals surface area (Å²) in [6, 6.07) is 16.0. The van der Waals surface area contributed by atoms with E-state index in [0.717, 1.165) is 5.69 Å². The van der Waals surface area contributed by atoms with Crippen molar-refractivity contribution in [3.8, 4) is 0 Å². The van der Waals surface area contributed by atoms with E-state index in [1.54, 1.807) is 24.3 Å². The Kier molecular flexibility index (Phi) is 2.82. The van der Waals surface area contributed by atoms with Crippen molar-refractivity contribution in [1.29, 1.82) is 0 Å². The molecule has 0 aliphatic rings. The van der Waals surface area contributed by atoms with Crippen LogP contribution in [0.5, 0.6) is 0 Å². The van der Waals surface area contributed by atoms with E-state index < -0.39 is 0 Å². The van der Waals surface area contributed by atoms with Gasteiger partial charge in [-0.1, -0.05) is 24.3 Å². The minimum atomic E-state index is 0.476. The van der Waals surface area contributed by atoms with Gasteiger partial charge in [-0.05, 0) is 18.2 Å². The average Bonchev–Trinajstić information content (AvgIpc) is 2.30. The number of nitrogen functional groups attached to an aromatic ring is 1. The highest BCUT2D eigenvalue weighted by Crippen LogP contribution is 2.16. The molecule has 0 aliphatic heterocycles. The molecule has 0 heterocycles. The van der Waals surface area contributed by atoms with Gasteiger partial charge in [-0.2, -0.15) is 0 Å². The maximum absolute atomic E-state index is 11.7. The molecule has 0 unspecified atom stereocenters. The molecular formula is C12H12N3O+. The largest absolute Gasteiger partial charge is 0.399 e. The molecule has 0 aliphatic carbocycles. The van der Waals surface area contributed by atoms with Crippen molar-refractivity contribution in [3.63, 3.8) is 0 Å². The third-order valence-corrected chi connectivity index (χ3v) is 2.11. The lowest BCUT2D eigenvalue weighted by molar-refractivity contribution is -0.427. The summed E-state index contributed by atoms with van der Waals surface area (Å²) in [6.45, 7) is 0. The zero-order valence-electron chi connectivity index (χ0n) is 8.63. The molecule has 0 fully saturated rings. The second-order valence-electron chi connectivity index (χ2n) is 3.37. The Morgan fingerprint density at radius 1 is 1.00 bits per heavy atom. The van der Waals surface area contributed by atoms with Gasteiger partial charge in [0.25, 0.3) is 5.69 Å². The first-order chi connectivity index (χ1) is 7.75. The van der Waals surface area contributed by atoms with Gasteiger partial charge in [0.1, 0.15) is 5.69 Å². The van der Waals surface area contributed by atoms with Gasteiger partial charge in [0, 0.05) is 17.8 Å². The number of nitroso groups, excluding NO2 is 1. The maximum Gasteiger partial charge on any atom is 0.294 e. The quantitative estimate of drug-likeness (QED) is 0.469. The molecule has 2 rings (SSSR count). The highest BCUT2D eigenvalue weighted by atomic mass is 16.3.